The smallest absolute Gasteiger partial charge is 0.255 e. The number of benzene rings is 1. The number of halogens is 1. The number of hydrogen-bond donors (Lipinski definition) is 1. The highest BCUT2D eigenvalue weighted by molar-refractivity contribution is 5.96. The fourth-order valence-corrected chi connectivity index (χ4v) is 3.78. The minimum atomic E-state index is 0. The molecule has 1 saturated heterocycles. The van der Waals surface area contributed by atoms with Crippen LogP contribution in [-0.2, 0) is 6.54 Å². The van der Waals surface area contributed by atoms with Gasteiger partial charge >= 0.3 is 0 Å². The molecular weight excluding hydrogens is 334 g/mol. The second-order valence-corrected chi connectivity index (χ2v) is 7.00. The lowest BCUT2D eigenvalue weighted by Crippen LogP contribution is -2.34. The van der Waals surface area contributed by atoms with E-state index in [2.05, 4.69) is 42.7 Å². The molecule has 0 saturated carbocycles. The van der Waals surface area contributed by atoms with E-state index in [1.54, 1.807) is 0 Å². The summed E-state index contributed by atoms with van der Waals surface area (Å²) in [6.45, 7) is 8.47. The van der Waals surface area contributed by atoms with Gasteiger partial charge in [-0.1, -0.05) is 30.3 Å². The van der Waals surface area contributed by atoms with E-state index in [1.807, 2.05) is 24.0 Å². The summed E-state index contributed by atoms with van der Waals surface area (Å²) in [5.41, 5.74) is 10.0. The van der Waals surface area contributed by atoms with Gasteiger partial charge in [-0.2, -0.15) is 0 Å². The van der Waals surface area contributed by atoms with E-state index in [1.165, 1.54) is 5.56 Å². The first-order chi connectivity index (χ1) is 11.5. The maximum Gasteiger partial charge on any atom is 0.255 e. The van der Waals surface area contributed by atoms with Crippen LogP contribution in [0.3, 0.4) is 0 Å². The van der Waals surface area contributed by atoms with Crippen molar-refractivity contribution in [1.82, 2.24) is 9.47 Å². The Morgan fingerprint density at radius 1 is 1.24 bits per heavy atom. The Hall–Kier alpha value is -1.78. The molecule has 2 N–H and O–H groups in total. The van der Waals surface area contributed by atoms with Gasteiger partial charge in [-0.05, 0) is 51.3 Å². The molecule has 1 amide bonds. The van der Waals surface area contributed by atoms with Gasteiger partial charge in [0.15, 0.2) is 0 Å². The van der Waals surface area contributed by atoms with Gasteiger partial charge in [0.05, 0.1) is 5.56 Å². The van der Waals surface area contributed by atoms with Gasteiger partial charge < -0.3 is 15.2 Å². The lowest BCUT2D eigenvalue weighted by molar-refractivity contribution is 0.0742. The van der Waals surface area contributed by atoms with E-state index in [4.69, 9.17) is 5.73 Å². The average Bonchev–Trinajstić information content (AvgIpc) is 3.10. The Labute approximate surface area is 156 Å². The van der Waals surface area contributed by atoms with Gasteiger partial charge in [-0.25, -0.2) is 0 Å². The molecule has 1 fully saturated rings. The predicted molar refractivity (Wildman–Crippen MR) is 104 cm³/mol. The van der Waals surface area contributed by atoms with Crippen molar-refractivity contribution in [2.24, 2.45) is 11.7 Å². The lowest BCUT2D eigenvalue weighted by Gasteiger charge is -2.21. The summed E-state index contributed by atoms with van der Waals surface area (Å²) in [5.74, 6) is 0.572. The zero-order chi connectivity index (χ0) is 17.3. The number of aromatic nitrogens is 1. The highest BCUT2D eigenvalue weighted by Gasteiger charge is 2.33. The van der Waals surface area contributed by atoms with E-state index in [9.17, 15) is 4.79 Å². The van der Waals surface area contributed by atoms with Crippen LogP contribution in [-0.4, -0.2) is 34.5 Å². The molecule has 2 aromatic rings. The molecule has 3 rings (SSSR count). The molecule has 2 unspecified atom stereocenters. The first-order valence-electron chi connectivity index (χ1n) is 8.73. The van der Waals surface area contributed by atoms with Crippen LogP contribution in [0.5, 0.6) is 0 Å². The summed E-state index contributed by atoms with van der Waals surface area (Å²) in [4.78, 5) is 15.0. The van der Waals surface area contributed by atoms with Gasteiger partial charge in [-0.15, -0.1) is 12.4 Å². The number of carbonyl (C=O) groups is 1. The zero-order valence-corrected chi connectivity index (χ0v) is 16.1. The van der Waals surface area contributed by atoms with Gasteiger partial charge in [0.2, 0.25) is 0 Å². The molecule has 1 aliphatic rings. The van der Waals surface area contributed by atoms with Crippen molar-refractivity contribution < 1.29 is 4.79 Å². The Morgan fingerprint density at radius 2 is 1.92 bits per heavy atom. The third-order valence-corrected chi connectivity index (χ3v) is 5.24. The topological polar surface area (TPSA) is 51.3 Å². The first-order valence-corrected chi connectivity index (χ1v) is 8.73. The average molecular weight is 362 g/mol. The summed E-state index contributed by atoms with van der Waals surface area (Å²) >= 11 is 0. The van der Waals surface area contributed by atoms with Crippen molar-refractivity contribution in [2.75, 3.05) is 13.1 Å². The third-order valence-electron chi connectivity index (χ3n) is 5.24. The van der Waals surface area contributed by atoms with E-state index in [-0.39, 0.29) is 24.4 Å². The number of hydrogen-bond acceptors (Lipinski definition) is 2. The summed E-state index contributed by atoms with van der Waals surface area (Å²) < 4.78 is 2.23. The molecule has 1 aromatic heterocycles. The second kappa shape index (κ2) is 8.07. The number of nitrogens with two attached hydrogens (primary N) is 1. The molecule has 1 aromatic carbocycles. The van der Waals surface area contributed by atoms with Gasteiger partial charge in [-0.3, -0.25) is 4.79 Å². The number of rotatable bonds is 4. The first kappa shape index (κ1) is 19.5. The molecule has 2 heterocycles. The number of aryl methyl sites for hydroxylation is 1. The van der Waals surface area contributed by atoms with Crippen molar-refractivity contribution in [3.8, 4) is 0 Å². The summed E-state index contributed by atoms with van der Waals surface area (Å²) in [7, 11) is 0. The zero-order valence-electron chi connectivity index (χ0n) is 15.2. The molecule has 25 heavy (non-hydrogen) atoms. The van der Waals surface area contributed by atoms with Gasteiger partial charge in [0, 0.05) is 30.5 Å². The lowest BCUT2D eigenvalue weighted by atomic mass is 10.1. The maximum atomic E-state index is 13.0. The van der Waals surface area contributed by atoms with E-state index in [0.29, 0.717) is 12.5 Å². The molecule has 0 bridgehead atoms. The molecule has 0 spiro atoms. The van der Waals surface area contributed by atoms with Crippen molar-refractivity contribution in [1.29, 1.82) is 0 Å². The highest BCUT2D eigenvalue weighted by atomic mass is 35.5. The van der Waals surface area contributed by atoms with Crippen LogP contribution < -0.4 is 5.73 Å². The van der Waals surface area contributed by atoms with Crippen molar-refractivity contribution >= 4 is 18.3 Å². The maximum absolute atomic E-state index is 13.0. The third kappa shape index (κ3) is 3.91. The predicted octanol–water partition coefficient (Wildman–Crippen LogP) is 3.38. The SMILES string of the molecule is Cc1cc(C(=O)N2CC(CN)CC2C)c(C)n1Cc1ccccc1.Cl. The van der Waals surface area contributed by atoms with E-state index >= 15 is 0 Å². The quantitative estimate of drug-likeness (QED) is 0.907. The van der Waals surface area contributed by atoms with Crippen molar-refractivity contribution in [3.05, 3.63) is 58.9 Å². The summed E-state index contributed by atoms with van der Waals surface area (Å²) in [5, 5.41) is 0. The number of likely N-dealkylation sites (tertiary alicyclic amines) is 1. The molecule has 4 nitrogen and oxygen atoms in total. The Kier molecular flexibility index (Phi) is 6.31. The number of amides is 1. The molecule has 2 atom stereocenters. The van der Waals surface area contributed by atoms with Crippen LogP contribution in [0.25, 0.3) is 0 Å². The van der Waals surface area contributed by atoms with Crippen molar-refractivity contribution in [2.45, 2.75) is 39.8 Å². The largest absolute Gasteiger partial charge is 0.344 e. The molecular formula is C20H28ClN3O. The molecule has 136 valence electrons. The van der Waals surface area contributed by atoms with E-state index < -0.39 is 0 Å². The minimum Gasteiger partial charge on any atom is -0.344 e. The van der Waals surface area contributed by atoms with Crippen LogP contribution in [0.2, 0.25) is 0 Å². The Balaban J connectivity index is 0.00000225. The highest BCUT2D eigenvalue weighted by Crippen LogP contribution is 2.26. The van der Waals surface area contributed by atoms with E-state index in [0.717, 1.165) is 36.5 Å². The van der Waals surface area contributed by atoms with Crippen LogP contribution in [0.1, 0.15) is 40.7 Å². The molecule has 5 heteroatoms. The standard InChI is InChI=1S/C20H27N3O.ClH/c1-14-9-18(11-21)13-23(14)20(24)19-10-15(2)22(16(19)3)12-17-7-5-4-6-8-17;/h4-8,10,14,18H,9,11-13,21H2,1-3H3;1H. The Bertz CT molecular complexity index is 726. The van der Waals surface area contributed by atoms with Crippen molar-refractivity contribution in [3.63, 3.8) is 0 Å². The number of nitrogens with zero attached hydrogens (tertiary/aromatic N) is 2. The van der Waals surface area contributed by atoms with Crippen LogP contribution in [0.15, 0.2) is 36.4 Å². The molecule has 0 aliphatic carbocycles. The monoisotopic (exact) mass is 361 g/mol. The summed E-state index contributed by atoms with van der Waals surface area (Å²) in [6, 6.07) is 12.7. The summed E-state index contributed by atoms with van der Waals surface area (Å²) in [6.07, 6.45) is 1.00. The fourth-order valence-electron chi connectivity index (χ4n) is 3.78. The fraction of sp³-hybridized carbons (Fsp3) is 0.450. The Morgan fingerprint density at radius 3 is 2.52 bits per heavy atom. The second-order valence-electron chi connectivity index (χ2n) is 7.00. The normalized spacial score (nSPS) is 19.8. The van der Waals surface area contributed by atoms with Crippen LogP contribution in [0.4, 0.5) is 0 Å². The van der Waals surface area contributed by atoms with Gasteiger partial charge in [0.25, 0.3) is 5.91 Å². The van der Waals surface area contributed by atoms with Gasteiger partial charge in [0.1, 0.15) is 0 Å². The minimum absolute atomic E-state index is 0. The molecule has 0 radical (unpaired) electrons. The molecule has 1 aliphatic heterocycles. The van der Waals surface area contributed by atoms with Crippen LogP contribution in [0, 0.1) is 19.8 Å². The number of carbonyl (C=O) groups excluding carboxylic acids is 1. The van der Waals surface area contributed by atoms with Crippen LogP contribution >= 0.6 is 12.4 Å².